The Kier molecular flexibility index (Phi) is 9.50. The molecular formula is C18H28O7. The van der Waals surface area contributed by atoms with Crippen LogP contribution in [0.3, 0.4) is 0 Å². The smallest absolute Gasteiger partial charge is 0.303 e. The van der Waals surface area contributed by atoms with E-state index >= 15 is 0 Å². The highest BCUT2D eigenvalue weighted by Crippen LogP contribution is 2.31. The van der Waals surface area contributed by atoms with Crippen LogP contribution in [-0.4, -0.2) is 56.4 Å². The van der Waals surface area contributed by atoms with Gasteiger partial charge >= 0.3 is 11.9 Å². The van der Waals surface area contributed by atoms with Gasteiger partial charge in [0, 0.05) is 33.0 Å². The normalized spacial score (nSPS) is 28.8. The van der Waals surface area contributed by atoms with E-state index in [0.717, 1.165) is 12.8 Å². The first-order valence-electron chi connectivity index (χ1n) is 8.49. The van der Waals surface area contributed by atoms with Crippen LogP contribution in [0.4, 0.5) is 0 Å². The van der Waals surface area contributed by atoms with E-state index in [-0.39, 0.29) is 12.0 Å². The molecule has 0 N–H and O–H groups in total. The summed E-state index contributed by atoms with van der Waals surface area (Å²) < 4.78 is 27.5. The molecule has 7 nitrogen and oxygen atoms in total. The van der Waals surface area contributed by atoms with Crippen molar-refractivity contribution >= 4 is 11.9 Å². The van der Waals surface area contributed by atoms with Crippen molar-refractivity contribution in [3.63, 3.8) is 0 Å². The van der Waals surface area contributed by atoms with Crippen molar-refractivity contribution in [1.29, 1.82) is 0 Å². The lowest BCUT2D eigenvalue weighted by molar-refractivity contribution is -0.287. The second-order valence-electron chi connectivity index (χ2n) is 6.05. The molecule has 25 heavy (non-hydrogen) atoms. The number of ether oxygens (including phenoxy) is 5. The molecule has 5 atom stereocenters. The number of carbonyl (C=O) groups excluding carboxylic acids is 2. The third-order valence-electron chi connectivity index (χ3n) is 3.95. The molecule has 1 fully saturated rings. The molecule has 1 heterocycles. The van der Waals surface area contributed by atoms with Crippen LogP contribution in [-0.2, 0) is 33.3 Å². The van der Waals surface area contributed by atoms with Gasteiger partial charge in [-0.2, -0.15) is 0 Å². The van der Waals surface area contributed by atoms with Crippen molar-refractivity contribution in [3.8, 4) is 12.3 Å². The zero-order valence-corrected chi connectivity index (χ0v) is 15.4. The van der Waals surface area contributed by atoms with E-state index < -0.39 is 30.4 Å². The molecule has 2 unspecified atom stereocenters. The molecule has 1 rings (SSSR count). The van der Waals surface area contributed by atoms with Crippen molar-refractivity contribution in [3.05, 3.63) is 0 Å². The first kappa shape index (κ1) is 21.4. The van der Waals surface area contributed by atoms with Crippen LogP contribution in [0.2, 0.25) is 0 Å². The summed E-state index contributed by atoms with van der Waals surface area (Å²) in [5, 5.41) is 0. The first-order valence-corrected chi connectivity index (χ1v) is 8.49. The average Bonchev–Trinajstić information content (AvgIpc) is 2.53. The van der Waals surface area contributed by atoms with Crippen LogP contribution in [0.25, 0.3) is 0 Å². The van der Waals surface area contributed by atoms with Crippen molar-refractivity contribution in [2.75, 3.05) is 19.8 Å². The number of hydrogen-bond donors (Lipinski definition) is 0. The molecule has 0 radical (unpaired) electrons. The third-order valence-corrected chi connectivity index (χ3v) is 3.95. The molecule has 142 valence electrons. The molecule has 0 saturated carbocycles. The Morgan fingerprint density at radius 1 is 1.04 bits per heavy atom. The first-order chi connectivity index (χ1) is 11.9. The van der Waals surface area contributed by atoms with E-state index in [2.05, 4.69) is 5.92 Å². The monoisotopic (exact) mass is 356 g/mol. The van der Waals surface area contributed by atoms with E-state index in [9.17, 15) is 9.59 Å². The van der Waals surface area contributed by atoms with Gasteiger partial charge in [0.2, 0.25) is 0 Å². The number of hydrogen-bond acceptors (Lipinski definition) is 7. The lowest BCUT2D eigenvalue weighted by Gasteiger charge is -2.43. The van der Waals surface area contributed by atoms with Gasteiger partial charge in [-0.25, -0.2) is 0 Å². The number of unbranched alkanes of at least 4 members (excludes halogenated alkanes) is 1. The second kappa shape index (κ2) is 11.1. The van der Waals surface area contributed by atoms with Gasteiger partial charge in [0.1, 0.15) is 12.7 Å². The van der Waals surface area contributed by atoms with Gasteiger partial charge in [-0.15, -0.1) is 6.42 Å². The van der Waals surface area contributed by atoms with Gasteiger partial charge in [0.05, 0.1) is 6.10 Å². The van der Waals surface area contributed by atoms with Gasteiger partial charge in [-0.1, -0.05) is 12.8 Å². The molecule has 0 bridgehead atoms. The topological polar surface area (TPSA) is 80.3 Å². The number of esters is 2. The minimum atomic E-state index is -0.801. The molecule has 0 aliphatic carbocycles. The fourth-order valence-corrected chi connectivity index (χ4v) is 2.59. The Balaban J connectivity index is 2.62. The zero-order valence-electron chi connectivity index (χ0n) is 15.4. The van der Waals surface area contributed by atoms with E-state index in [1.807, 2.05) is 13.8 Å². The Hall–Kier alpha value is -1.62. The highest BCUT2D eigenvalue weighted by Gasteiger charge is 2.46. The molecule has 7 heteroatoms. The lowest BCUT2D eigenvalue weighted by Crippen LogP contribution is -2.56. The number of carbonyl (C=O) groups is 2. The van der Waals surface area contributed by atoms with Crippen LogP contribution in [0, 0.1) is 18.3 Å². The van der Waals surface area contributed by atoms with Gasteiger partial charge in [0.25, 0.3) is 0 Å². The second-order valence-corrected chi connectivity index (χ2v) is 6.05. The summed E-state index contributed by atoms with van der Waals surface area (Å²) in [6.45, 7) is 7.62. The maximum Gasteiger partial charge on any atom is 0.303 e. The van der Waals surface area contributed by atoms with Crippen LogP contribution in [0.5, 0.6) is 0 Å². The van der Waals surface area contributed by atoms with Crippen LogP contribution in [0.15, 0.2) is 0 Å². The van der Waals surface area contributed by atoms with E-state index in [4.69, 9.17) is 30.1 Å². The third kappa shape index (κ3) is 7.43. The predicted molar refractivity (Wildman–Crippen MR) is 89.4 cm³/mol. The number of rotatable bonds is 9. The van der Waals surface area contributed by atoms with Crippen LogP contribution >= 0.6 is 0 Å². The average molecular weight is 356 g/mol. The molecule has 0 spiro atoms. The predicted octanol–water partition coefficient (Wildman–Crippen LogP) is 1.68. The Morgan fingerprint density at radius 2 is 1.64 bits per heavy atom. The van der Waals surface area contributed by atoms with E-state index in [0.29, 0.717) is 19.8 Å². The van der Waals surface area contributed by atoms with Gasteiger partial charge < -0.3 is 23.7 Å². The fraction of sp³-hybridized carbons (Fsp3) is 0.778. The zero-order chi connectivity index (χ0) is 18.8. The standard InChI is InChI=1S/C18H28O7/c1-6-9-21-10-7-8-11-22-18-17(25-15(5)20)16(24-14(4)19)12(2)13(3)23-18/h1,12-13,16-18H,7-11H2,2-5H3/t12-,13?,16+,17?,18+/m1/s1. The van der Waals surface area contributed by atoms with Gasteiger partial charge in [-0.05, 0) is 19.8 Å². The quantitative estimate of drug-likeness (QED) is 0.353. The lowest BCUT2D eigenvalue weighted by atomic mass is 9.91. The summed E-state index contributed by atoms with van der Waals surface area (Å²) in [5.41, 5.74) is 0. The van der Waals surface area contributed by atoms with Crippen molar-refractivity contribution in [1.82, 2.24) is 0 Å². The Morgan fingerprint density at radius 3 is 2.24 bits per heavy atom. The van der Waals surface area contributed by atoms with Crippen molar-refractivity contribution < 1.29 is 33.3 Å². The molecule has 1 aliphatic heterocycles. The summed E-state index contributed by atoms with van der Waals surface area (Å²) in [5.74, 6) is 1.35. The summed E-state index contributed by atoms with van der Waals surface area (Å²) in [4.78, 5) is 22.9. The maximum atomic E-state index is 11.4. The van der Waals surface area contributed by atoms with Crippen LogP contribution in [0.1, 0.15) is 40.5 Å². The van der Waals surface area contributed by atoms with E-state index in [1.54, 1.807) is 0 Å². The highest BCUT2D eigenvalue weighted by molar-refractivity contribution is 5.67. The molecule has 0 aromatic rings. The van der Waals surface area contributed by atoms with Crippen LogP contribution < -0.4 is 0 Å². The molecule has 0 amide bonds. The summed E-state index contributed by atoms with van der Waals surface area (Å²) >= 11 is 0. The highest BCUT2D eigenvalue weighted by atomic mass is 16.7. The molecule has 0 aromatic heterocycles. The molecule has 1 aliphatic rings. The maximum absolute atomic E-state index is 11.4. The van der Waals surface area contributed by atoms with E-state index in [1.165, 1.54) is 13.8 Å². The summed E-state index contributed by atoms with van der Waals surface area (Å²) in [6.07, 6.45) is 4.21. The molecule has 1 saturated heterocycles. The fourth-order valence-electron chi connectivity index (χ4n) is 2.59. The molecular weight excluding hydrogens is 328 g/mol. The SMILES string of the molecule is C#CCOCCCCO[C@H]1OC(C)[C@@H](C)[C@H](OC(C)=O)C1OC(C)=O. The number of terminal acetylenes is 1. The minimum Gasteiger partial charge on any atom is -0.458 e. The minimum absolute atomic E-state index is 0.134. The molecule has 0 aromatic carbocycles. The van der Waals surface area contributed by atoms with Gasteiger partial charge in [0.15, 0.2) is 12.4 Å². The van der Waals surface area contributed by atoms with Crippen molar-refractivity contribution in [2.24, 2.45) is 5.92 Å². The van der Waals surface area contributed by atoms with Gasteiger partial charge in [-0.3, -0.25) is 9.59 Å². The summed E-state index contributed by atoms with van der Waals surface area (Å²) in [7, 11) is 0. The Labute approximate surface area is 149 Å². The van der Waals surface area contributed by atoms with Crippen molar-refractivity contribution in [2.45, 2.75) is 65.1 Å². The summed E-state index contributed by atoms with van der Waals surface area (Å²) in [6, 6.07) is 0. The largest absolute Gasteiger partial charge is 0.458 e. The Bertz CT molecular complexity index is 471.